The Kier molecular flexibility index (Phi) is 8.20. The quantitative estimate of drug-likeness (QED) is 0.183. The largest absolute Gasteiger partial charge is 0.355 e. The first kappa shape index (κ1) is 32.2. The predicted octanol–water partition coefficient (Wildman–Crippen LogP) is 13.6. The molecule has 51 heavy (non-hydrogen) atoms. The van der Waals surface area contributed by atoms with Crippen LogP contribution in [0.15, 0.2) is 164 Å². The minimum atomic E-state index is 0.0645. The molecule has 8 rings (SSSR count). The average Bonchev–Trinajstić information content (AvgIpc) is 3.46. The fourth-order valence-corrected chi connectivity index (χ4v) is 7.50. The summed E-state index contributed by atoms with van der Waals surface area (Å²) in [7, 11) is 0. The van der Waals surface area contributed by atoms with Gasteiger partial charge in [-0.1, -0.05) is 112 Å². The Balaban J connectivity index is 1.25. The molecule has 0 spiro atoms. The van der Waals surface area contributed by atoms with Crippen molar-refractivity contribution in [3.05, 3.63) is 180 Å². The molecule has 0 bridgehead atoms. The van der Waals surface area contributed by atoms with Gasteiger partial charge in [-0.25, -0.2) is 0 Å². The highest BCUT2D eigenvalue weighted by Crippen LogP contribution is 2.41. The van der Waals surface area contributed by atoms with E-state index >= 15 is 0 Å². The van der Waals surface area contributed by atoms with E-state index in [0.717, 1.165) is 34.1 Å². The van der Waals surface area contributed by atoms with Crippen molar-refractivity contribution in [1.29, 1.82) is 0 Å². The number of nitrogens with one attached hydrogen (secondary N) is 1. The van der Waals surface area contributed by atoms with Gasteiger partial charge >= 0.3 is 0 Å². The number of rotatable bonds is 7. The summed E-state index contributed by atoms with van der Waals surface area (Å²) in [5.74, 6) is 0. The minimum absolute atomic E-state index is 0.0645. The van der Waals surface area contributed by atoms with Crippen LogP contribution in [-0.4, -0.2) is 4.57 Å². The maximum absolute atomic E-state index is 3.74. The van der Waals surface area contributed by atoms with Crippen molar-refractivity contribution in [3.63, 3.8) is 0 Å². The Morgan fingerprint density at radius 1 is 0.490 bits per heavy atom. The van der Waals surface area contributed by atoms with E-state index in [9.17, 15) is 0 Å². The van der Waals surface area contributed by atoms with Gasteiger partial charge in [0.2, 0.25) is 0 Å². The normalized spacial score (nSPS) is 11.6. The summed E-state index contributed by atoms with van der Waals surface area (Å²) in [5.41, 5.74) is 15.4. The number of nitrogens with zero attached hydrogens (tertiary/aromatic N) is 2. The summed E-state index contributed by atoms with van der Waals surface area (Å²) < 4.78 is 2.39. The van der Waals surface area contributed by atoms with E-state index < -0.39 is 0 Å². The van der Waals surface area contributed by atoms with Crippen molar-refractivity contribution in [3.8, 4) is 16.8 Å². The van der Waals surface area contributed by atoms with E-state index in [-0.39, 0.29) is 5.41 Å². The molecule has 7 aromatic carbocycles. The first-order valence-corrected chi connectivity index (χ1v) is 17.8. The number of hydrogen-bond acceptors (Lipinski definition) is 2. The molecule has 0 aliphatic rings. The molecule has 0 aliphatic carbocycles. The van der Waals surface area contributed by atoms with Crippen LogP contribution < -0.4 is 10.2 Å². The fraction of sp³-hybridized carbons (Fsp3) is 0.125. The molecule has 0 radical (unpaired) electrons. The van der Waals surface area contributed by atoms with Crippen molar-refractivity contribution < 1.29 is 0 Å². The SMILES string of the molecule is Cc1cc(Nc2cccc(N(c3ccc(C(C)(C)C)cc3)c3ccc4c5ccccc5n(-c5ccccc5)c4c3)c2)cc(C)c1-c1ccccc1. The molecule has 0 amide bonds. The lowest BCUT2D eigenvalue weighted by molar-refractivity contribution is 0.590. The van der Waals surface area contributed by atoms with Gasteiger partial charge in [0.05, 0.1) is 11.0 Å². The summed E-state index contributed by atoms with van der Waals surface area (Å²) in [4.78, 5) is 2.37. The summed E-state index contributed by atoms with van der Waals surface area (Å²) in [5, 5.41) is 6.23. The number of aromatic nitrogens is 1. The van der Waals surface area contributed by atoms with E-state index in [1.54, 1.807) is 0 Å². The second-order valence-electron chi connectivity index (χ2n) is 14.5. The Morgan fingerprint density at radius 3 is 1.80 bits per heavy atom. The highest BCUT2D eigenvalue weighted by atomic mass is 15.1. The summed E-state index contributed by atoms with van der Waals surface area (Å²) in [6, 6.07) is 59.2. The van der Waals surface area contributed by atoms with Crippen molar-refractivity contribution in [2.24, 2.45) is 0 Å². The number of benzene rings is 7. The molecule has 0 fully saturated rings. The Hall–Kier alpha value is -6.06. The average molecular weight is 662 g/mol. The van der Waals surface area contributed by atoms with Gasteiger partial charge in [0.15, 0.2) is 0 Å². The molecule has 250 valence electrons. The van der Waals surface area contributed by atoms with Crippen LogP contribution in [0.4, 0.5) is 28.4 Å². The first-order chi connectivity index (χ1) is 24.7. The van der Waals surface area contributed by atoms with Gasteiger partial charge < -0.3 is 14.8 Å². The van der Waals surface area contributed by atoms with Crippen LogP contribution in [0.5, 0.6) is 0 Å². The van der Waals surface area contributed by atoms with Crippen molar-refractivity contribution in [2.75, 3.05) is 10.2 Å². The number of aryl methyl sites for hydroxylation is 2. The van der Waals surface area contributed by atoms with Crippen LogP contribution in [0.1, 0.15) is 37.5 Å². The maximum Gasteiger partial charge on any atom is 0.0561 e. The number of para-hydroxylation sites is 2. The van der Waals surface area contributed by atoms with E-state index in [4.69, 9.17) is 0 Å². The molecular formula is C48H43N3. The third-order valence-corrected chi connectivity index (χ3v) is 9.91. The monoisotopic (exact) mass is 661 g/mol. The van der Waals surface area contributed by atoms with Crippen LogP contribution in [0.3, 0.4) is 0 Å². The zero-order chi connectivity index (χ0) is 35.1. The van der Waals surface area contributed by atoms with E-state index in [1.165, 1.54) is 49.6 Å². The highest BCUT2D eigenvalue weighted by Gasteiger charge is 2.19. The topological polar surface area (TPSA) is 20.2 Å². The standard InChI is InChI=1S/C48H43N3/c1-33-29-38(30-34(2)47(33)35-15-8-6-9-16-35)49-37-17-14-20-41(31-37)50(40-25-23-36(24-26-40)48(3,4)5)42-27-28-44-43-21-12-13-22-45(43)51(46(44)32-42)39-18-10-7-11-19-39/h6-32,49H,1-5H3. The second-order valence-corrected chi connectivity index (χ2v) is 14.5. The third kappa shape index (κ3) is 6.17. The van der Waals surface area contributed by atoms with Gasteiger partial charge in [-0.2, -0.15) is 0 Å². The number of anilines is 5. The van der Waals surface area contributed by atoms with Gasteiger partial charge in [-0.05, 0) is 120 Å². The van der Waals surface area contributed by atoms with Gasteiger partial charge in [0.25, 0.3) is 0 Å². The molecule has 3 heteroatoms. The van der Waals surface area contributed by atoms with Gasteiger partial charge in [0, 0.05) is 44.9 Å². The predicted molar refractivity (Wildman–Crippen MR) is 219 cm³/mol. The lowest BCUT2D eigenvalue weighted by Crippen LogP contribution is -2.13. The van der Waals surface area contributed by atoms with Crippen LogP contribution in [-0.2, 0) is 5.41 Å². The minimum Gasteiger partial charge on any atom is -0.355 e. The molecule has 1 aromatic heterocycles. The molecule has 8 aromatic rings. The van der Waals surface area contributed by atoms with E-state index in [2.05, 4.69) is 213 Å². The van der Waals surface area contributed by atoms with Crippen molar-refractivity contribution >= 4 is 50.2 Å². The van der Waals surface area contributed by atoms with Crippen LogP contribution in [0.25, 0.3) is 38.6 Å². The lowest BCUT2D eigenvalue weighted by atomic mass is 9.87. The maximum atomic E-state index is 3.74. The summed E-state index contributed by atoms with van der Waals surface area (Å²) >= 11 is 0. The van der Waals surface area contributed by atoms with Gasteiger partial charge in [-0.3, -0.25) is 0 Å². The van der Waals surface area contributed by atoms with Crippen molar-refractivity contribution in [2.45, 2.75) is 40.0 Å². The molecule has 0 saturated carbocycles. The Morgan fingerprint density at radius 2 is 1.10 bits per heavy atom. The molecule has 0 saturated heterocycles. The fourth-order valence-electron chi connectivity index (χ4n) is 7.50. The smallest absolute Gasteiger partial charge is 0.0561 e. The molecule has 1 N–H and O–H groups in total. The van der Waals surface area contributed by atoms with E-state index in [1.807, 2.05) is 0 Å². The molecule has 3 nitrogen and oxygen atoms in total. The zero-order valence-corrected chi connectivity index (χ0v) is 30.0. The summed E-state index contributed by atoms with van der Waals surface area (Å²) in [6.45, 7) is 11.2. The molecule has 1 heterocycles. The Bertz CT molecular complexity index is 2460. The van der Waals surface area contributed by atoms with Crippen LogP contribution in [0.2, 0.25) is 0 Å². The molecule has 0 aliphatic heterocycles. The molecular weight excluding hydrogens is 619 g/mol. The van der Waals surface area contributed by atoms with Crippen molar-refractivity contribution in [1.82, 2.24) is 4.57 Å². The Labute approximate surface area is 301 Å². The van der Waals surface area contributed by atoms with Gasteiger partial charge in [0.1, 0.15) is 0 Å². The van der Waals surface area contributed by atoms with Gasteiger partial charge in [-0.15, -0.1) is 0 Å². The highest BCUT2D eigenvalue weighted by molar-refractivity contribution is 6.10. The number of fused-ring (bicyclic) bond motifs is 3. The molecule has 0 atom stereocenters. The molecule has 0 unspecified atom stereocenters. The van der Waals surface area contributed by atoms with Crippen LogP contribution in [0, 0.1) is 13.8 Å². The van der Waals surface area contributed by atoms with Crippen LogP contribution >= 0.6 is 0 Å². The van der Waals surface area contributed by atoms with E-state index in [0.29, 0.717) is 0 Å². The second kappa shape index (κ2) is 13.0. The first-order valence-electron chi connectivity index (χ1n) is 17.8. The number of hydrogen-bond donors (Lipinski definition) is 1. The lowest BCUT2D eigenvalue weighted by Gasteiger charge is -2.27. The third-order valence-electron chi connectivity index (χ3n) is 9.91. The summed E-state index contributed by atoms with van der Waals surface area (Å²) in [6.07, 6.45) is 0. The zero-order valence-electron chi connectivity index (χ0n) is 30.0.